The predicted octanol–water partition coefficient (Wildman–Crippen LogP) is 3.22. The van der Waals surface area contributed by atoms with Crippen LogP contribution in [0.25, 0.3) is 0 Å². The highest BCUT2D eigenvalue weighted by Crippen LogP contribution is 2.32. The van der Waals surface area contributed by atoms with Gasteiger partial charge in [0.25, 0.3) is 0 Å². The van der Waals surface area contributed by atoms with Crippen molar-refractivity contribution in [3.05, 3.63) is 54.1 Å². The first-order valence-corrected chi connectivity index (χ1v) is 9.39. The lowest BCUT2D eigenvalue weighted by Crippen LogP contribution is -2.48. The van der Waals surface area contributed by atoms with Gasteiger partial charge in [-0.25, -0.2) is 0 Å². The average molecular weight is 405 g/mol. The molecule has 156 valence electrons. The molecule has 1 aliphatic rings. The number of halogens is 2. The number of rotatable bonds is 7. The number of carbonyl (C=O) groups is 1. The summed E-state index contributed by atoms with van der Waals surface area (Å²) in [6, 6.07) is 13.5. The first kappa shape index (κ1) is 21.0. The van der Waals surface area contributed by atoms with Crippen LogP contribution in [-0.2, 0) is 4.79 Å². The summed E-state index contributed by atoms with van der Waals surface area (Å²) < 4.78 is 34.9. The van der Waals surface area contributed by atoms with Crippen LogP contribution in [0, 0.1) is 0 Å². The topological polar surface area (TPSA) is 54.0 Å². The Hall–Kier alpha value is -2.71. The third-order valence-corrected chi connectivity index (χ3v) is 4.91. The molecule has 6 nitrogen and oxygen atoms in total. The maximum atomic E-state index is 13.2. The monoisotopic (exact) mass is 405 g/mol. The highest BCUT2D eigenvalue weighted by molar-refractivity contribution is 5.95. The van der Waals surface area contributed by atoms with E-state index in [2.05, 4.69) is 26.9 Å². The van der Waals surface area contributed by atoms with Crippen LogP contribution < -0.4 is 14.8 Å². The smallest absolute Gasteiger partial charge is 0.387 e. The molecule has 1 atom stereocenters. The Balaban J connectivity index is 1.83. The van der Waals surface area contributed by atoms with Crippen molar-refractivity contribution < 1.29 is 23.0 Å². The number of carbonyl (C=O) groups excluding carboxylic acids is 1. The number of alkyl halides is 2. The number of amides is 1. The van der Waals surface area contributed by atoms with Gasteiger partial charge in [0.15, 0.2) is 11.5 Å². The fourth-order valence-electron chi connectivity index (χ4n) is 3.40. The molecule has 0 bridgehead atoms. The second-order valence-electron chi connectivity index (χ2n) is 6.89. The summed E-state index contributed by atoms with van der Waals surface area (Å²) in [6.45, 7) is 0.256. The van der Waals surface area contributed by atoms with Gasteiger partial charge in [0.1, 0.15) is 6.04 Å². The molecule has 1 amide bonds. The quantitative estimate of drug-likeness (QED) is 0.767. The second-order valence-corrected chi connectivity index (χ2v) is 6.89. The van der Waals surface area contributed by atoms with E-state index >= 15 is 0 Å². The Morgan fingerprint density at radius 1 is 1.03 bits per heavy atom. The summed E-state index contributed by atoms with van der Waals surface area (Å²) in [4.78, 5) is 17.5. The van der Waals surface area contributed by atoms with Crippen LogP contribution in [0.3, 0.4) is 0 Å². The number of benzene rings is 2. The molecule has 0 aromatic heterocycles. The maximum absolute atomic E-state index is 13.2. The van der Waals surface area contributed by atoms with Crippen LogP contribution in [0.15, 0.2) is 48.5 Å². The first-order valence-electron chi connectivity index (χ1n) is 9.39. The molecule has 0 aliphatic carbocycles. The average Bonchev–Trinajstić information content (AvgIpc) is 2.70. The van der Waals surface area contributed by atoms with Gasteiger partial charge in [-0.15, -0.1) is 0 Å². The van der Waals surface area contributed by atoms with E-state index in [0.29, 0.717) is 5.69 Å². The van der Waals surface area contributed by atoms with Crippen LogP contribution in [0.2, 0.25) is 0 Å². The standard InChI is InChI=1S/C21H25F2N3O3/c1-25-10-12-26(13-11-25)19(15-6-4-3-5-7-15)20(27)24-16-8-9-17(28-2)18(14-16)29-21(22)23/h3-9,14,19,21H,10-13H2,1-2H3,(H,24,27)/t19-/m1/s1. The highest BCUT2D eigenvalue weighted by Gasteiger charge is 2.30. The van der Waals surface area contributed by atoms with Crippen molar-refractivity contribution >= 4 is 11.6 Å². The van der Waals surface area contributed by atoms with Gasteiger partial charge in [0, 0.05) is 37.9 Å². The normalized spacial score (nSPS) is 16.4. The minimum absolute atomic E-state index is 0.129. The van der Waals surface area contributed by atoms with Crippen molar-refractivity contribution in [2.75, 3.05) is 45.7 Å². The lowest BCUT2D eigenvalue weighted by Gasteiger charge is -2.37. The summed E-state index contributed by atoms with van der Waals surface area (Å²) in [5, 5.41) is 2.84. The Morgan fingerprint density at radius 2 is 1.72 bits per heavy atom. The fraction of sp³-hybridized carbons (Fsp3) is 0.381. The molecule has 0 spiro atoms. The van der Waals surface area contributed by atoms with E-state index in [4.69, 9.17) is 4.74 Å². The number of methoxy groups -OCH3 is 1. The van der Waals surface area contributed by atoms with Gasteiger partial charge in [-0.1, -0.05) is 30.3 Å². The van der Waals surface area contributed by atoms with Crippen molar-refractivity contribution in [1.29, 1.82) is 0 Å². The fourth-order valence-corrected chi connectivity index (χ4v) is 3.40. The molecule has 29 heavy (non-hydrogen) atoms. The maximum Gasteiger partial charge on any atom is 0.387 e. The van der Waals surface area contributed by atoms with E-state index in [1.165, 1.54) is 19.2 Å². The Labute approximate surface area is 169 Å². The van der Waals surface area contributed by atoms with Crippen molar-refractivity contribution in [3.63, 3.8) is 0 Å². The van der Waals surface area contributed by atoms with E-state index in [0.717, 1.165) is 31.7 Å². The van der Waals surface area contributed by atoms with Gasteiger partial charge in [-0.05, 0) is 24.7 Å². The number of hydrogen-bond donors (Lipinski definition) is 1. The number of likely N-dealkylation sites (N-methyl/N-ethyl adjacent to an activating group) is 1. The number of piperazine rings is 1. The molecule has 1 saturated heterocycles. The predicted molar refractivity (Wildman–Crippen MR) is 107 cm³/mol. The van der Waals surface area contributed by atoms with Crippen molar-refractivity contribution in [2.45, 2.75) is 12.7 Å². The number of ether oxygens (including phenoxy) is 2. The van der Waals surface area contributed by atoms with Crippen LogP contribution in [-0.4, -0.2) is 62.7 Å². The van der Waals surface area contributed by atoms with E-state index < -0.39 is 12.7 Å². The highest BCUT2D eigenvalue weighted by atomic mass is 19.3. The molecule has 8 heteroatoms. The van der Waals surface area contributed by atoms with E-state index in [1.807, 2.05) is 30.3 Å². The van der Waals surface area contributed by atoms with Crippen LogP contribution in [0.4, 0.5) is 14.5 Å². The number of anilines is 1. The minimum Gasteiger partial charge on any atom is -0.493 e. The second kappa shape index (κ2) is 9.67. The molecule has 2 aromatic carbocycles. The molecular weight excluding hydrogens is 380 g/mol. The SMILES string of the molecule is COc1ccc(NC(=O)[C@@H](c2ccccc2)N2CCN(C)CC2)cc1OC(F)F. The zero-order valence-electron chi connectivity index (χ0n) is 16.5. The molecule has 1 fully saturated rings. The summed E-state index contributed by atoms with van der Waals surface area (Å²) in [5.74, 6) is -0.188. The first-order chi connectivity index (χ1) is 14.0. The van der Waals surface area contributed by atoms with Crippen molar-refractivity contribution in [3.8, 4) is 11.5 Å². The molecule has 0 radical (unpaired) electrons. The molecule has 2 aromatic rings. The van der Waals surface area contributed by atoms with E-state index in [9.17, 15) is 13.6 Å². The molecule has 1 aliphatic heterocycles. The summed E-state index contributed by atoms with van der Waals surface area (Å²) in [5.41, 5.74) is 1.24. The number of nitrogens with zero attached hydrogens (tertiary/aromatic N) is 2. The third-order valence-electron chi connectivity index (χ3n) is 4.91. The molecular formula is C21H25F2N3O3. The zero-order valence-corrected chi connectivity index (χ0v) is 16.5. The summed E-state index contributed by atoms with van der Waals surface area (Å²) in [7, 11) is 3.42. The van der Waals surface area contributed by atoms with Gasteiger partial charge in [-0.2, -0.15) is 8.78 Å². The Bertz CT molecular complexity index is 812. The lowest BCUT2D eigenvalue weighted by molar-refractivity contribution is -0.122. The zero-order chi connectivity index (χ0) is 20.8. The molecule has 1 heterocycles. The van der Waals surface area contributed by atoms with Crippen LogP contribution in [0.1, 0.15) is 11.6 Å². The van der Waals surface area contributed by atoms with E-state index in [-0.39, 0.29) is 17.4 Å². The summed E-state index contributed by atoms with van der Waals surface area (Å²) in [6.07, 6.45) is 0. The Kier molecular flexibility index (Phi) is 7.00. The molecule has 0 saturated carbocycles. The van der Waals surface area contributed by atoms with E-state index in [1.54, 1.807) is 6.07 Å². The van der Waals surface area contributed by atoms with Crippen LogP contribution >= 0.6 is 0 Å². The van der Waals surface area contributed by atoms with Crippen LogP contribution in [0.5, 0.6) is 11.5 Å². The Morgan fingerprint density at radius 3 is 2.34 bits per heavy atom. The van der Waals surface area contributed by atoms with Gasteiger partial charge in [0.2, 0.25) is 5.91 Å². The number of nitrogens with one attached hydrogen (secondary N) is 1. The van der Waals surface area contributed by atoms with Gasteiger partial charge in [-0.3, -0.25) is 9.69 Å². The third kappa shape index (κ3) is 5.42. The van der Waals surface area contributed by atoms with Gasteiger partial charge < -0.3 is 19.7 Å². The lowest BCUT2D eigenvalue weighted by atomic mass is 10.0. The number of hydrogen-bond acceptors (Lipinski definition) is 5. The van der Waals surface area contributed by atoms with Gasteiger partial charge >= 0.3 is 6.61 Å². The summed E-state index contributed by atoms with van der Waals surface area (Å²) >= 11 is 0. The molecule has 3 rings (SSSR count). The van der Waals surface area contributed by atoms with Crippen molar-refractivity contribution in [2.24, 2.45) is 0 Å². The largest absolute Gasteiger partial charge is 0.493 e. The molecule has 1 N–H and O–H groups in total. The van der Waals surface area contributed by atoms with Gasteiger partial charge in [0.05, 0.1) is 7.11 Å². The minimum atomic E-state index is -2.99. The molecule has 0 unspecified atom stereocenters. The van der Waals surface area contributed by atoms with Crippen molar-refractivity contribution in [1.82, 2.24) is 9.80 Å².